The third-order valence-electron chi connectivity index (χ3n) is 7.68. The second kappa shape index (κ2) is 11.9. The molecule has 5 rings (SSSR count). The van der Waals surface area contributed by atoms with Crippen LogP contribution in [0.3, 0.4) is 0 Å². The Balaban J connectivity index is 1.25. The highest BCUT2D eigenvalue weighted by Crippen LogP contribution is 2.32. The summed E-state index contributed by atoms with van der Waals surface area (Å²) in [5, 5.41) is 3.24. The normalized spacial score (nSPS) is 20.2. The third kappa shape index (κ3) is 6.45. The van der Waals surface area contributed by atoms with Crippen LogP contribution in [0.5, 0.6) is 0 Å². The van der Waals surface area contributed by atoms with Gasteiger partial charge in [-0.3, -0.25) is 9.69 Å². The van der Waals surface area contributed by atoms with E-state index in [-0.39, 0.29) is 24.1 Å². The molecular weight excluding hydrogens is 527 g/mol. The number of hydrogen-bond donors (Lipinski definition) is 1. The number of likely N-dealkylation sites (tertiary alicyclic amines) is 1. The Labute approximate surface area is 230 Å². The lowest BCUT2D eigenvalue weighted by Gasteiger charge is -2.38. The van der Waals surface area contributed by atoms with Gasteiger partial charge < -0.3 is 15.1 Å². The zero-order valence-electron chi connectivity index (χ0n) is 21.9. The number of hydrogen-bond acceptors (Lipinski definition) is 4. The molecule has 0 spiro atoms. The van der Waals surface area contributed by atoms with Gasteiger partial charge in [-0.15, -0.1) is 0 Å². The lowest BCUT2D eigenvalue weighted by molar-refractivity contribution is -0.137. The van der Waals surface area contributed by atoms with E-state index in [2.05, 4.69) is 10.2 Å². The molecule has 0 unspecified atom stereocenters. The number of carbonyl (C=O) groups is 1. The Morgan fingerprint density at radius 1 is 0.875 bits per heavy atom. The average Bonchev–Trinajstić information content (AvgIpc) is 3.35. The number of amides is 1. The average molecular weight is 559 g/mol. The Morgan fingerprint density at radius 3 is 2.23 bits per heavy atom. The van der Waals surface area contributed by atoms with Crippen LogP contribution in [0.2, 0.25) is 0 Å². The lowest BCUT2D eigenvalue weighted by Crippen LogP contribution is -2.53. The van der Waals surface area contributed by atoms with Gasteiger partial charge >= 0.3 is 6.18 Å². The van der Waals surface area contributed by atoms with Crippen LogP contribution in [0.1, 0.15) is 23.1 Å². The van der Waals surface area contributed by atoms with Crippen molar-refractivity contribution in [1.82, 2.24) is 15.1 Å². The molecular formula is C30H31F5N4O. The fraction of sp³-hybridized carbons (Fsp3) is 0.367. The molecule has 2 aliphatic heterocycles. The van der Waals surface area contributed by atoms with Crippen molar-refractivity contribution < 1.29 is 26.7 Å². The van der Waals surface area contributed by atoms with Crippen LogP contribution in [0.4, 0.5) is 27.6 Å². The molecule has 0 aliphatic carbocycles. The van der Waals surface area contributed by atoms with E-state index in [1.807, 2.05) is 35.2 Å². The fourth-order valence-corrected chi connectivity index (χ4v) is 5.52. The van der Waals surface area contributed by atoms with Gasteiger partial charge in [-0.2, -0.15) is 13.2 Å². The van der Waals surface area contributed by atoms with Crippen molar-refractivity contribution >= 4 is 11.6 Å². The SMILES string of the molecule is O=C([C@@H]1C[C@@H](NCc2c(F)cccc2F)CN1Cc1ccccc1)N1CCN(c2cccc(C(F)(F)F)c2)CC1. The minimum atomic E-state index is -4.42. The highest BCUT2D eigenvalue weighted by atomic mass is 19.4. The minimum absolute atomic E-state index is 0.0128. The fourth-order valence-electron chi connectivity index (χ4n) is 5.52. The second-order valence-electron chi connectivity index (χ2n) is 10.3. The van der Waals surface area contributed by atoms with Crippen LogP contribution in [0.25, 0.3) is 0 Å². The van der Waals surface area contributed by atoms with Crippen molar-refractivity contribution in [3.05, 3.63) is 101 Å². The van der Waals surface area contributed by atoms with E-state index in [4.69, 9.17) is 0 Å². The number of carbonyl (C=O) groups excluding carboxylic acids is 1. The van der Waals surface area contributed by atoms with E-state index in [1.54, 1.807) is 11.0 Å². The predicted octanol–water partition coefficient (Wildman–Crippen LogP) is 5.07. The number of rotatable bonds is 7. The maximum atomic E-state index is 14.2. The van der Waals surface area contributed by atoms with Crippen molar-refractivity contribution in [1.29, 1.82) is 0 Å². The summed E-state index contributed by atoms with van der Waals surface area (Å²) in [6.45, 7) is 2.73. The monoisotopic (exact) mass is 558 g/mol. The highest BCUT2D eigenvalue weighted by molar-refractivity contribution is 5.82. The second-order valence-corrected chi connectivity index (χ2v) is 10.3. The molecule has 5 nitrogen and oxygen atoms in total. The largest absolute Gasteiger partial charge is 0.416 e. The van der Waals surface area contributed by atoms with Crippen molar-refractivity contribution in [2.75, 3.05) is 37.6 Å². The number of halogens is 5. The number of alkyl halides is 3. The van der Waals surface area contributed by atoms with Crippen LogP contribution < -0.4 is 10.2 Å². The third-order valence-corrected chi connectivity index (χ3v) is 7.68. The first kappa shape index (κ1) is 28.0. The molecule has 2 fully saturated rings. The molecule has 0 radical (unpaired) electrons. The Bertz CT molecular complexity index is 1290. The van der Waals surface area contributed by atoms with Crippen molar-refractivity contribution in [3.63, 3.8) is 0 Å². The molecule has 2 saturated heterocycles. The Kier molecular flexibility index (Phi) is 8.37. The molecule has 1 amide bonds. The van der Waals surface area contributed by atoms with Gasteiger partial charge in [0.1, 0.15) is 11.6 Å². The van der Waals surface area contributed by atoms with Gasteiger partial charge in [0.05, 0.1) is 11.6 Å². The first-order valence-electron chi connectivity index (χ1n) is 13.3. The number of nitrogens with one attached hydrogen (secondary N) is 1. The van der Waals surface area contributed by atoms with Crippen LogP contribution >= 0.6 is 0 Å². The van der Waals surface area contributed by atoms with Crippen LogP contribution in [0, 0.1) is 11.6 Å². The Hall–Kier alpha value is -3.50. The maximum Gasteiger partial charge on any atom is 0.416 e. The van der Waals surface area contributed by atoms with Crippen LogP contribution in [0.15, 0.2) is 72.8 Å². The minimum Gasteiger partial charge on any atom is -0.368 e. The standard InChI is InChI=1S/C30H31F5N4O/c31-26-10-5-11-27(32)25(26)18-36-23-17-28(39(20-23)19-21-6-2-1-3-7-21)29(40)38-14-12-37(13-15-38)24-9-4-8-22(16-24)30(33,34)35/h1-11,16,23,28,36H,12-15,17-20H2/t23-,28+/m1/s1. The van der Waals surface area contributed by atoms with Crippen molar-refractivity contribution in [3.8, 4) is 0 Å². The summed E-state index contributed by atoms with van der Waals surface area (Å²) in [5.41, 5.74) is 0.811. The summed E-state index contributed by atoms with van der Waals surface area (Å²) in [7, 11) is 0. The van der Waals surface area contributed by atoms with Gasteiger partial charge in [0.15, 0.2) is 0 Å². The van der Waals surface area contributed by atoms with Crippen LogP contribution in [-0.4, -0.2) is 60.5 Å². The summed E-state index contributed by atoms with van der Waals surface area (Å²) >= 11 is 0. The lowest BCUT2D eigenvalue weighted by atomic mass is 10.1. The number of benzene rings is 3. The predicted molar refractivity (Wildman–Crippen MR) is 142 cm³/mol. The van der Waals surface area contributed by atoms with Crippen molar-refractivity contribution in [2.24, 2.45) is 0 Å². The van der Waals surface area contributed by atoms with E-state index in [0.29, 0.717) is 51.4 Å². The van der Waals surface area contributed by atoms with E-state index in [0.717, 1.165) is 17.7 Å². The summed E-state index contributed by atoms with van der Waals surface area (Å²) in [4.78, 5) is 19.4. The van der Waals surface area contributed by atoms with Crippen LogP contribution in [-0.2, 0) is 24.1 Å². The molecule has 0 aromatic heterocycles. The summed E-state index contributed by atoms with van der Waals surface area (Å²) in [5.74, 6) is -1.27. The number of anilines is 1. The molecule has 212 valence electrons. The topological polar surface area (TPSA) is 38.8 Å². The molecule has 1 N–H and O–H groups in total. The summed E-state index contributed by atoms with van der Waals surface area (Å²) in [6.07, 6.45) is -3.93. The molecule has 0 saturated carbocycles. The van der Waals surface area contributed by atoms with Gasteiger partial charge in [-0.25, -0.2) is 8.78 Å². The summed E-state index contributed by atoms with van der Waals surface area (Å²) < 4.78 is 67.8. The molecule has 2 atom stereocenters. The van der Waals surface area contributed by atoms with Gasteiger partial charge in [0.2, 0.25) is 5.91 Å². The van der Waals surface area contributed by atoms with Gasteiger partial charge in [0.25, 0.3) is 0 Å². The molecule has 2 heterocycles. The van der Waals surface area contributed by atoms with E-state index in [9.17, 15) is 26.7 Å². The molecule has 0 bridgehead atoms. The number of piperazine rings is 1. The van der Waals surface area contributed by atoms with Gasteiger partial charge in [-0.1, -0.05) is 42.5 Å². The summed E-state index contributed by atoms with van der Waals surface area (Å²) in [6, 6.07) is 18.2. The zero-order valence-corrected chi connectivity index (χ0v) is 21.9. The number of nitrogens with zero attached hydrogens (tertiary/aromatic N) is 3. The van der Waals surface area contributed by atoms with Crippen molar-refractivity contribution in [2.45, 2.75) is 37.8 Å². The maximum absolute atomic E-state index is 14.2. The van der Waals surface area contributed by atoms with E-state index in [1.165, 1.54) is 24.3 Å². The van der Waals surface area contributed by atoms with E-state index < -0.39 is 29.4 Å². The smallest absolute Gasteiger partial charge is 0.368 e. The van der Waals surface area contributed by atoms with Gasteiger partial charge in [0, 0.05) is 63.1 Å². The molecule has 10 heteroatoms. The zero-order chi connectivity index (χ0) is 28.3. The molecule has 40 heavy (non-hydrogen) atoms. The quantitative estimate of drug-likeness (QED) is 0.412. The van der Waals surface area contributed by atoms with Gasteiger partial charge in [-0.05, 0) is 42.3 Å². The first-order chi connectivity index (χ1) is 19.2. The molecule has 3 aromatic carbocycles. The molecule has 3 aromatic rings. The highest BCUT2D eigenvalue weighted by Gasteiger charge is 2.39. The first-order valence-corrected chi connectivity index (χ1v) is 13.3. The Morgan fingerprint density at radius 2 is 1.55 bits per heavy atom. The molecule has 2 aliphatic rings. The van der Waals surface area contributed by atoms with E-state index >= 15 is 0 Å².